The van der Waals surface area contributed by atoms with Gasteiger partial charge in [-0.2, -0.15) is 5.10 Å². The van der Waals surface area contributed by atoms with Crippen molar-refractivity contribution in [2.75, 3.05) is 0 Å². The van der Waals surface area contributed by atoms with Crippen molar-refractivity contribution in [1.82, 2.24) is 24.5 Å². The summed E-state index contributed by atoms with van der Waals surface area (Å²) in [5.41, 5.74) is 3.92. The summed E-state index contributed by atoms with van der Waals surface area (Å²) in [4.78, 5) is 31.6. The van der Waals surface area contributed by atoms with Gasteiger partial charge in [-0.1, -0.05) is 36.4 Å². The molecular formula is C27H24FN5O2S. The zero-order valence-electron chi connectivity index (χ0n) is 20.0. The molecule has 0 saturated carbocycles. The van der Waals surface area contributed by atoms with Crippen LogP contribution in [0, 0.1) is 19.7 Å². The Bertz CT molecular complexity index is 1640. The number of hydrogen-bond acceptors (Lipinski definition) is 5. The van der Waals surface area contributed by atoms with E-state index in [0.29, 0.717) is 33.3 Å². The van der Waals surface area contributed by atoms with Gasteiger partial charge in [0.05, 0.1) is 29.4 Å². The number of thiazole rings is 1. The number of hydrogen-bond donors (Lipinski definition) is 1. The first-order valence-corrected chi connectivity index (χ1v) is 12.4. The van der Waals surface area contributed by atoms with Gasteiger partial charge in [0.2, 0.25) is 5.91 Å². The molecule has 0 aliphatic carbocycles. The van der Waals surface area contributed by atoms with Crippen LogP contribution < -0.4 is 10.9 Å². The SMILES string of the molecule is Cc1nc2scc(CC(=O)N[C@H](C)c3ccccc3)n2c(=O)c1-c1cc(C)n(-c2cccc(F)c2)n1. The van der Waals surface area contributed by atoms with Crippen molar-refractivity contribution in [1.29, 1.82) is 0 Å². The molecule has 7 nitrogen and oxygen atoms in total. The zero-order chi connectivity index (χ0) is 25.4. The second kappa shape index (κ2) is 9.50. The maximum atomic E-state index is 13.8. The lowest BCUT2D eigenvalue weighted by Gasteiger charge is -2.14. The summed E-state index contributed by atoms with van der Waals surface area (Å²) < 4.78 is 16.8. The third-order valence-corrected chi connectivity index (χ3v) is 6.91. The van der Waals surface area contributed by atoms with Gasteiger partial charge in [-0.3, -0.25) is 14.0 Å². The van der Waals surface area contributed by atoms with Gasteiger partial charge >= 0.3 is 0 Å². The van der Waals surface area contributed by atoms with Crippen LogP contribution in [0.1, 0.15) is 35.6 Å². The van der Waals surface area contributed by atoms with Gasteiger partial charge in [0.1, 0.15) is 11.5 Å². The predicted octanol–water partition coefficient (Wildman–Crippen LogP) is 4.78. The van der Waals surface area contributed by atoms with Crippen LogP contribution in [0.5, 0.6) is 0 Å². The fraction of sp³-hybridized carbons (Fsp3) is 0.185. The number of halogens is 1. The number of benzene rings is 2. The lowest BCUT2D eigenvalue weighted by Crippen LogP contribution is -2.29. The number of carbonyl (C=O) groups excluding carboxylic acids is 1. The second-order valence-electron chi connectivity index (χ2n) is 8.66. The molecule has 0 radical (unpaired) electrons. The van der Waals surface area contributed by atoms with E-state index >= 15 is 0 Å². The van der Waals surface area contributed by atoms with Crippen molar-refractivity contribution in [2.45, 2.75) is 33.2 Å². The number of nitrogens with one attached hydrogen (secondary N) is 1. The normalized spacial score (nSPS) is 12.1. The third kappa shape index (κ3) is 4.45. The van der Waals surface area contributed by atoms with Crippen molar-refractivity contribution >= 4 is 22.2 Å². The van der Waals surface area contributed by atoms with Crippen molar-refractivity contribution in [2.24, 2.45) is 0 Å². The van der Waals surface area contributed by atoms with E-state index in [-0.39, 0.29) is 29.7 Å². The van der Waals surface area contributed by atoms with Crippen LogP contribution >= 0.6 is 11.3 Å². The van der Waals surface area contributed by atoms with E-state index in [1.165, 1.54) is 27.9 Å². The summed E-state index contributed by atoms with van der Waals surface area (Å²) in [5.74, 6) is -0.558. The topological polar surface area (TPSA) is 81.3 Å². The Morgan fingerprint density at radius 3 is 2.64 bits per heavy atom. The van der Waals surface area contributed by atoms with E-state index in [0.717, 1.165) is 11.3 Å². The number of aryl methyl sites for hydroxylation is 2. The molecule has 0 saturated heterocycles. The summed E-state index contributed by atoms with van der Waals surface area (Å²) in [6.45, 7) is 5.53. The number of carbonyl (C=O) groups is 1. The molecule has 0 spiro atoms. The van der Waals surface area contributed by atoms with Gasteiger partial charge < -0.3 is 5.32 Å². The van der Waals surface area contributed by atoms with Gasteiger partial charge in [-0.15, -0.1) is 11.3 Å². The van der Waals surface area contributed by atoms with Gasteiger partial charge in [-0.05, 0) is 50.6 Å². The molecule has 1 atom stereocenters. The molecule has 0 bridgehead atoms. The fourth-order valence-corrected chi connectivity index (χ4v) is 5.20. The van der Waals surface area contributed by atoms with E-state index in [9.17, 15) is 14.0 Å². The van der Waals surface area contributed by atoms with E-state index < -0.39 is 0 Å². The van der Waals surface area contributed by atoms with Gasteiger partial charge in [0.15, 0.2) is 4.96 Å². The molecule has 0 aliphatic heterocycles. The maximum Gasteiger partial charge on any atom is 0.268 e. The Morgan fingerprint density at radius 2 is 1.89 bits per heavy atom. The number of aromatic nitrogens is 4. The highest BCUT2D eigenvalue weighted by Gasteiger charge is 2.20. The van der Waals surface area contributed by atoms with Crippen LogP contribution in [-0.4, -0.2) is 25.1 Å². The Kier molecular flexibility index (Phi) is 6.24. The van der Waals surface area contributed by atoms with Gasteiger partial charge in [0.25, 0.3) is 5.56 Å². The van der Waals surface area contributed by atoms with Gasteiger partial charge in [0, 0.05) is 16.8 Å². The number of fused-ring (bicyclic) bond motifs is 1. The van der Waals surface area contributed by atoms with Crippen LogP contribution in [0.2, 0.25) is 0 Å². The minimum atomic E-state index is -0.369. The van der Waals surface area contributed by atoms with Crippen LogP contribution in [-0.2, 0) is 11.2 Å². The summed E-state index contributed by atoms with van der Waals surface area (Å²) >= 11 is 1.31. The van der Waals surface area contributed by atoms with Crippen LogP contribution in [0.25, 0.3) is 21.9 Å². The van der Waals surface area contributed by atoms with E-state index in [2.05, 4.69) is 15.4 Å². The lowest BCUT2D eigenvalue weighted by atomic mass is 10.1. The molecule has 5 rings (SSSR count). The standard InChI is InChI=1S/C27H24FN5O2S/c1-16-12-23(31-33(16)21-11-7-10-20(28)13-21)25-18(3)30-27-32(26(25)35)22(15-36-27)14-24(34)29-17(2)19-8-5-4-6-9-19/h4-13,15,17H,14H2,1-3H3,(H,29,34)/t17-/m1/s1. The molecule has 3 heterocycles. The second-order valence-corrected chi connectivity index (χ2v) is 9.50. The molecule has 0 unspecified atom stereocenters. The lowest BCUT2D eigenvalue weighted by molar-refractivity contribution is -0.121. The molecule has 0 fully saturated rings. The minimum absolute atomic E-state index is 0.0397. The molecule has 36 heavy (non-hydrogen) atoms. The first-order chi connectivity index (χ1) is 17.3. The first-order valence-electron chi connectivity index (χ1n) is 11.5. The zero-order valence-corrected chi connectivity index (χ0v) is 20.8. The predicted molar refractivity (Wildman–Crippen MR) is 138 cm³/mol. The largest absolute Gasteiger partial charge is 0.349 e. The number of nitrogens with zero attached hydrogens (tertiary/aromatic N) is 4. The summed E-state index contributed by atoms with van der Waals surface area (Å²) in [6, 6.07) is 17.4. The molecule has 182 valence electrons. The Balaban J connectivity index is 1.49. The molecule has 1 amide bonds. The summed E-state index contributed by atoms with van der Waals surface area (Å²) in [5, 5.41) is 9.37. The molecule has 3 aromatic heterocycles. The Hall–Kier alpha value is -4.11. The van der Waals surface area contributed by atoms with Crippen molar-refractivity contribution in [3.63, 3.8) is 0 Å². The summed E-state index contributed by atoms with van der Waals surface area (Å²) in [7, 11) is 0. The molecule has 2 aromatic carbocycles. The quantitative estimate of drug-likeness (QED) is 0.363. The number of rotatable bonds is 6. The van der Waals surface area contributed by atoms with Crippen molar-refractivity contribution < 1.29 is 9.18 Å². The first kappa shape index (κ1) is 23.6. The Labute approximate surface area is 210 Å². The van der Waals surface area contributed by atoms with E-state index in [4.69, 9.17) is 0 Å². The average Bonchev–Trinajstić information content (AvgIpc) is 3.42. The van der Waals surface area contributed by atoms with Crippen molar-refractivity contribution in [3.05, 3.63) is 105 Å². The molecule has 0 aliphatic rings. The minimum Gasteiger partial charge on any atom is -0.349 e. The molecule has 1 N–H and O–H groups in total. The van der Waals surface area contributed by atoms with Crippen LogP contribution in [0.15, 0.2) is 70.8 Å². The average molecular weight is 502 g/mol. The fourth-order valence-electron chi connectivity index (χ4n) is 4.27. The third-order valence-electron chi connectivity index (χ3n) is 6.04. The molecular weight excluding hydrogens is 477 g/mol. The van der Waals surface area contributed by atoms with Gasteiger partial charge in [-0.25, -0.2) is 14.1 Å². The highest BCUT2D eigenvalue weighted by atomic mass is 32.1. The summed E-state index contributed by atoms with van der Waals surface area (Å²) in [6.07, 6.45) is 0.0397. The smallest absolute Gasteiger partial charge is 0.268 e. The maximum absolute atomic E-state index is 13.8. The van der Waals surface area contributed by atoms with E-state index in [1.807, 2.05) is 44.2 Å². The number of amides is 1. The van der Waals surface area contributed by atoms with Crippen molar-refractivity contribution in [3.8, 4) is 16.9 Å². The highest BCUT2D eigenvalue weighted by molar-refractivity contribution is 7.15. The molecule has 9 heteroatoms. The Morgan fingerprint density at radius 1 is 1.11 bits per heavy atom. The van der Waals surface area contributed by atoms with E-state index in [1.54, 1.807) is 35.2 Å². The van der Waals surface area contributed by atoms with Crippen LogP contribution in [0.4, 0.5) is 4.39 Å². The molecule has 5 aromatic rings. The monoisotopic (exact) mass is 501 g/mol. The van der Waals surface area contributed by atoms with Crippen LogP contribution in [0.3, 0.4) is 0 Å². The highest BCUT2D eigenvalue weighted by Crippen LogP contribution is 2.24.